The van der Waals surface area contributed by atoms with Gasteiger partial charge < -0.3 is 21.5 Å². The highest BCUT2D eigenvalue weighted by Gasteiger charge is 2.20. The first-order valence-corrected chi connectivity index (χ1v) is 7.28. The molecule has 114 valence electrons. The fraction of sp³-hybridized carbons (Fsp3) is 0.235. The van der Waals surface area contributed by atoms with Crippen molar-refractivity contribution in [1.82, 2.24) is 0 Å². The molecule has 1 amide bonds. The van der Waals surface area contributed by atoms with Gasteiger partial charge in [0.15, 0.2) is 0 Å². The number of rotatable bonds is 2. The number of hydrogen-bond acceptors (Lipinski definition) is 4. The van der Waals surface area contributed by atoms with Crippen molar-refractivity contribution in [1.29, 1.82) is 0 Å². The minimum absolute atomic E-state index is 0.00188. The molecule has 5 nitrogen and oxygen atoms in total. The molecule has 0 bridgehead atoms. The molecule has 2 unspecified atom stereocenters. The highest BCUT2D eigenvalue weighted by molar-refractivity contribution is 6.00. The molecule has 0 fully saturated rings. The van der Waals surface area contributed by atoms with Gasteiger partial charge >= 0.3 is 0 Å². The predicted octanol–water partition coefficient (Wildman–Crippen LogP) is 2.45. The number of hydrogen-bond donors (Lipinski definition) is 4. The van der Waals surface area contributed by atoms with E-state index < -0.39 is 6.23 Å². The lowest BCUT2D eigenvalue weighted by Crippen LogP contribution is -2.19. The van der Waals surface area contributed by atoms with E-state index in [1.165, 1.54) is 0 Å². The first-order valence-electron chi connectivity index (χ1n) is 7.28. The Morgan fingerprint density at radius 1 is 1.27 bits per heavy atom. The van der Waals surface area contributed by atoms with Gasteiger partial charge in [0.1, 0.15) is 6.23 Å². The van der Waals surface area contributed by atoms with Gasteiger partial charge in [-0.2, -0.15) is 0 Å². The minimum Gasteiger partial charge on any atom is -0.380 e. The van der Waals surface area contributed by atoms with Crippen LogP contribution in [0.2, 0.25) is 0 Å². The maximum Gasteiger partial charge on any atom is 0.226 e. The number of anilines is 2. The van der Waals surface area contributed by atoms with Gasteiger partial charge in [-0.05, 0) is 30.2 Å². The lowest BCUT2D eigenvalue weighted by Gasteiger charge is -2.17. The molecule has 0 radical (unpaired) electrons. The molecule has 2 atom stereocenters. The third-order valence-electron chi connectivity index (χ3n) is 3.76. The van der Waals surface area contributed by atoms with Gasteiger partial charge in [0, 0.05) is 18.0 Å². The maximum absolute atomic E-state index is 11.8. The second-order valence-electron chi connectivity index (χ2n) is 5.60. The third kappa shape index (κ3) is 2.81. The number of benzene rings is 2. The molecular formula is C17H19N3O2. The summed E-state index contributed by atoms with van der Waals surface area (Å²) in [5.74, 6) is 0.00188. The van der Waals surface area contributed by atoms with Crippen LogP contribution in [0.4, 0.5) is 11.4 Å². The van der Waals surface area contributed by atoms with Crippen molar-refractivity contribution in [3.8, 4) is 11.1 Å². The third-order valence-corrected chi connectivity index (χ3v) is 3.76. The summed E-state index contributed by atoms with van der Waals surface area (Å²) in [6.07, 6.45) is -0.579. The summed E-state index contributed by atoms with van der Waals surface area (Å²) in [5, 5.41) is 15.9. The van der Waals surface area contributed by atoms with Crippen molar-refractivity contribution in [3.63, 3.8) is 0 Å². The topological polar surface area (TPSA) is 87.4 Å². The first kappa shape index (κ1) is 14.6. The summed E-state index contributed by atoms with van der Waals surface area (Å²) >= 11 is 0. The van der Waals surface area contributed by atoms with Gasteiger partial charge in [-0.1, -0.05) is 30.3 Å². The highest BCUT2D eigenvalue weighted by Crippen LogP contribution is 2.37. The standard InChI is InChI=1S/C17H19N3O2/c1-10-8-15(21)20-14-7-3-6-13(16(14)19-10)11-4-2-5-12(9-11)17(18)22/h2-7,9-10,17,19,22H,8,18H2,1H3,(H,20,21). The van der Waals surface area contributed by atoms with E-state index in [0.29, 0.717) is 12.0 Å². The summed E-state index contributed by atoms with van der Waals surface area (Å²) in [6.45, 7) is 1.98. The van der Waals surface area contributed by atoms with Crippen molar-refractivity contribution in [2.45, 2.75) is 25.6 Å². The number of carbonyl (C=O) groups is 1. The van der Waals surface area contributed by atoms with Crippen molar-refractivity contribution in [2.24, 2.45) is 5.73 Å². The van der Waals surface area contributed by atoms with E-state index in [4.69, 9.17) is 5.73 Å². The first-order chi connectivity index (χ1) is 10.5. The van der Waals surface area contributed by atoms with E-state index in [2.05, 4.69) is 10.6 Å². The Kier molecular flexibility index (Phi) is 3.83. The zero-order valence-electron chi connectivity index (χ0n) is 12.3. The molecule has 22 heavy (non-hydrogen) atoms. The van der Waals surface area contributed by atoms with Crippen LogP contribution in [-0.4, -0.2) is 17.1 Å². The smallest absolute Gasteiger partial charge is 0.226 e. The summed E-state index contributed by atoms with van der Waals surface area (Å²) in [4.78, 5) is 11.8. The fourth-order valence-corrected chi connectivity index (χ4v) is 2.72. The molecular weight excluding hydrogens is 278 g/mol. The summed E-state index contributed by atoms with van der Waals surface area (Å²) in [5.41, 5.74) is 9.77. The molecule has 5 N–H and O–H groups in total. The van der Waals surface area contributed by atoms with Crippen LogP contribution in [0.1, 0.15) is 25.1 Å². The number of para-hydroxylation sites is 1. The second-order valence-corrected chi connectivity index (χ2v) is 5.60. The number of carbonyl (C=O) groups excluding carboxylic acids is 1. The molecule has 2 aromatic carbocycles. The zero-order valence-corrected chi connectivity index (χ0v) is 12.3. The van der Waals surface area contributed by atoms with Gasteiger partial charge in [-0.25, -0.2) is 0 Å². The fourth-order valence-electron chi connectivity index (χ4n) is 2.72. The minimum atomic E-state index is -1.01. The molecule has 5 heteroatoms. The van der Waals surface area contributed by atoms with Crippen LogP contribution >= 0.6 is 0 Å². The number of aliphatic hydroxyl groups is 1. The second kappa shape index (κ2) is 5.79. The van der Waals surface area contributed by atoms with Crippen LogP contribution < -0.4 is 16.4 Å². The lowest BCUT2D eigenvalue weighted by molar-refractivity contribution is -0.116. The average molecular weight is 297 g/mol. The number of amides is 1. The van der Waals surface area contributed by atoms with E-state index in [1.54, 1.807) is 6.07 Å². The molecule has 3 rings (SSSR count). The predicted molar refractivity (Wildman–Crippen MR) is 87.4 cm³/mol. The quantitative estimate of drug-likeness (QED) is 0.641. The molecule has 1 aliphatic rings. The van der Waals surface area contributed by atoms with Crippen molar-refractivity contribution < 1.29 is 9.90 Å². The normalized spacial score (nSPS) is 18.7. The lowest BCUT2D eigenvalue weighted by atomic mass is 9.99. The number of aliphatic hydroxyl groups excluding tert-OH is 1. The summed E-state index contributed by atoms with van der Waals surface area (Å²) in [7, 11) is 0. The van der Waals surface area contributed by atoms with E-state index in [1.807, 2.05) is 43.3 Å². The molecule has 1 heterocycles. The van der Waals surface area contributed by atoms with Gasteiger partial charge in [-0.15, -0.1) is 0 Å². The van der Waals surface area contributed by atoms with Gasteiger partial charge in [0.25, 0.3) is 0 Å². The van der Waals surface area contributed by atoms with Crippen LogP contribution in [0.25, 0.3) is 11.1 Å². The molecule has 0 spiro atoms. The Balaban J connectivity index is 2.11. The van der Waals surface area contributed by atoms with Crippen molar-refractivity contribution in [3.05, 3.63) is 48.0 Å². The van der Waals surface area contributed by atoms with Crippen LogP contribution in [0.15, 0.2) is 42.5 Å². The van der Waals surface area contributed by atoms with E-state index in [9.17, 15) is 9.90 Å². The average Bonchev–Trinajstić information content (AvgIpc) is 2.63. The number of nitrogens with one attached hydrogen (secondary N) is 2. The van der Waals surface area contributed by atoms with Crippen LogP contribution in [0.5, 0.6) is 0 Å². The Bertz CT molecular complexity index is 713. The molecule has 0 saturated carbocycles. The Morgan fingerprint density at radius 2 is 2.05 bits per heavy atom. The van der Waals surface area contributed by atoms with Gasteiger partial charge in [0.05, 0.1) is 11.4 Å². The monoisotopic (exact) mass is 297 g/mol. The Hall–Kier alpha value is -2.37. The molecule has 0 aliphatic carbocycles. The van der Waals surface area contributed by atoms with Gasteiger partial charge in [-0.3, -0.25) is 4.79 Å². The largest absolute Gasteiger partial charge is 0.380 e. The SMILES string of the molecule is CC1CC(=O)Nc2cccc(-c3cccc(C(N)O)c3)c2N1. The zero-order chi connectivity index (χ0) is 15.7. The number of fused-ring (bicyclic) bond motifs is 1. The molecule has 1 aliphatic heterocycles. The van der Waals surface area contributed by atoms with Crippen molar-refractivity contribution >= 4 is 17.3 Å². The van der Waals surface area contributed by atoms with Gasteiger partial charge in [0.2, 0.25) is 5.91 Å². The molecule has 2 aromatic rings. The van der Waals surface area contributed by atoms with Crippen LogP contribution in [-0.2, 0) is 4.79 Å². The Morgan fingerprint density at radius 3 is 2.82 bits per heavy atom. The summed E-state index contributed by atoms with van der Waals surface area (Å²) in [6, 6.07) is 13.3. The van der Waals surface area contributed by atoms with Crippen LogP contribution in [0.3, 0.4) is 0 Å². The summed E-state index contributed by atoms with van der Waals surface area (Å²) < 4.78 is 0. The van der Waals surface area contributed by atoms with E-state index in [-0.39, 0.29) is 11.9 Å². The number of nitrogens with two attached hydrogens (primary N) is 1. The van der Waals surface area contributed by atoms with E-state index in [0.717, 1.165) is 22.5 Å². The highest BCUT2D eigenvalue weighted by atomic mass is 16.3. The van der Waals surface area contributed by atoms with Crippen LogP contribution in [0, 0.1) is 0 Å². The molecule has 0 aromatic heterocycles. The Labute approximate surface area is 129 Å². The molecule has 0 saturated heterocycles. The van der Waals surface area contributed by atoms with Crippen molar-refractivity contribution in [2.75, 3.05) is 10.6 Å². The maximum atomic E-state index is 11.8. The van der Waals surface area contributed by atoms with E-state index >= 15 is 0 Å².